The number of amides is 1. The summed E-state index contributed by atoms with van der Waals surface area (Å²) < 4.78 is 5.81. The average Bonchev–Trinajstić information content (AvgIpc) is 3.11. The first-order valence-electron chi connectivity index (χ1n) is 8.45. The molecule has 2 aromatic carbocycles. The summed E-state index contributed by atoms with van der Waals surface area (Å²) in [6, 6.07) is 19.1. The molecular weight excluding hydrogens is 300 g/mol. The van der Waals surface area contributed by atoms with Crippen molar-refractivity contribution in [1.29, 1.82) is 0 Å². The van der Waals surface area contributed by atoms with Gasteiger partial charge in [0.2, 0.25) is 5.91 Å². The molecule has 1 aliphatic heterocycles. The minimum atomic E-state index is -0.574. The number of hydrogen-bond donors (Lipinski definition) is 1. The molecular formula is C20H24N2O2. The molecule has 2 atom stereocenters. The normalized spacial score (nSPS) is 18.5. The molecule has 0 saturated carbocycles. The zero-order valence-electron chi connectivity index (χ0n) is 13.8. The molecule has 0 unspecified atom stereocenters. The van der Waals surface area contributed by atoms with Gasteiger partial charge in [-0.05, 0) is 17.5 Å². The van der Waals surface area contributed by atoms with Gasteiger partial charge in [-0.15, -0.1) is 0 Å². The zero-order chi connectivity index (χ0) is 16.8. The molecule has 1 heterocycles. The van der Waals surface area contributed by atoms with Crippen molar-refractivity contribution in [3.63, 3.8) is 0 Å². The summed E-state index contributed by atoms with van der Waals surface area (Å²) in [4.78, 5) is 14.4. The Morgan fingerprint density at radius 3 is 2.50 bits per heavy atom. The first-order chi connectivity index (χ1) is 11.7. The predicted octanol–water partition coefficient (Wildman–Crippen LogP) is 2.75. The minimum absolute atomic E-state index is 0.00626. The van der Waals surface area contributed by atoms with Crippen LogP contribution >= 0.6 is 0 Å². The second kappa shape index (κ2) is 8.08. The summed E-state index contributed by atoms with van der Waals surface area (Å²) in [6.07, 6.45) is 0.974. The topological polar surface area (TPSA) is 55.6 Å². The van der Waals surface area contributed by atoms with Gasteiger partial charge in [-0.2, -0.15) is 0 Å². The largest absolute Gasteiger partial charge is 0.376 e. The van der Waals surface area contributed by atoms with E-state index in [4.69, 9.17) is 10.5 Å². The molecule has 3 rings (SSSR count). The molecule has 0 spiro atoms. The molecule has 0 bridgehead atoms. The van der Waals surface area contributed by atoms with Gasteiger partial charge < -0.3 is 15.4 Å². The summed E-state index contributed by atoms with van der Waals surface area (Å²) in [5.74, 6) is 0.396. The zero-order valence-corrected chi connectivity index (χ0v) is 13.8. The highest BCUT2D eigenvalue weighted by Gasteiger charge is 2.29. The molecule has 1 aliphatic rings. The third-order valence-electron chi connectivity index (χ3n) is 4.49. The first-order valence-corrected chi connectivity index (χ1v) is 8.45. The highest BCUT2D eigenvalue weighted by atomic mass is 16.5. The van der Waals surface area contributed by atoms with Gasteiger partial charge in [0.25, 0.3) is 0 Å². The van der Waals surface area contributed by atoms with Crippen molar-refractivity contribution in [2.24, 2.45) is 11.7 Å². The average molecular weight is 324 g/mol. The Hall–Kier alpha value is -2.17. The molecule has 1 saturated heterocycles. The maximum absolute atomic E-state index is 12.5. The van der Waals surface area contributed by atoms with E-state index in [1.807, 2.05) is 53.4 Å². The number of hydrogen-bond acceptors (Lipinski definition) is 3. The molecule has 1 fully saturated rings. The fourth-order valence-electron chi connectivity index (χ4n) is 3.09. The molecule has 4 heteroatoms. The van der Waals surface area contributed by atoms with E-state index in [2.05, 4.69) is 12.1 Å². The number of likely N-dealkylation sites (tertiary alicyclic amines) is 1. The smallest absolute Gasteiger partial charge is 0.244 e. The van der Waals surface area contributed by atoms with Crippen LogP contribution in [0.15, 0.2) is 60.7 Å². The van der Waals surface area contributed by atoms with E-state index in [1.165, 1.54) is 5.56 Å². The SMILES string of the molecule is N[C@@H](C(=O)N1CC[C@@H](COCc2ccccc2)C1)c1ccccc1. The summed E-state index contributed by atoms with van der Waals surface area (Å²) in [5.41, 5.74) is 8.16. The van der Waals surface area contributed by atoms with Crippen molar-refractivity contribution >= 4 is 5.91 Å². The molecule has 126 valence electrons. The summed E-state index contributed by atoms with van der Waals surface area (Å²) in [6.45, 7) is 2.79. The van der Waals surface area contributed by atoms with Crippen molar-refractivity contribution in [2.75, 3.05) is 19.7 Å². The van der Waals surface area contributed by atoms with Crippen molar-refractivity contribution in [2.45, 2.75) is 19.1 Å². The Morgan fingerprint density at radius 2 is 1.79 bits per heavy atom. The standard InChI is InChI=1S/C20H24N2O2/c21-19(18-9-5-2-6-10-18)20(23)22-12-11-17(13-22)15-24-14-16-7-3-1-4-8-16/h1-10,17,19H,11-15,21H2/t17-,19-/m1/s1. The van der Waals surface area contributed by atoms with Crippen LogP contribution in [-0.2, 0) is 16.1 Å². The van der Waals surface area contributed by atoms with E-state index in [0.29, 0.717) is 19.1 Å². The summed E-state index contributed by atoms with van der Waals surface area (Å²) >= 11 is 0. The Balaban J connectivity index is 1.45. The molecule has 2 N–H and O–H groups in total. The Morgan fingerprint density at radius 1 is 1.12 bits per heavy atom. The van der Waals surface area contributed by atoms with Crippen LogP contribution in [0.3, 0.4) is 0 Å². The molecule has 0 aromatic heterocycles. The molecule has 24 heavy (non-hydrogen) atoms. The van der Waals surface area contributed by atoms with Crippen molar-refractivity contribution in [3.05, 3.63) is 71.8 Å². The van der Waals surface area contributed by atoms with E-state index >= 15 is 0 Å². The highest BCUT2D eigenvalue weighted by Crippen LogP contribution is 2.21. The van der Waals surface area contributed by atoms with Crippen LogP contribution in [0.4, 0.5) is 0 Å². The summed E-state index contributed by atoms with van der Waals surface area (Å²) in [5, 5.41) is 0. The monoisotopic (exact) mass is 324 g/mol. The first kappa shape index (κ1) is 16.7. The van der Waals surface area contributed by atoms with Crippen LogP contribution < -0.4 is 5.73 Å². The number of ether oxygens (including phenoxy) is 1. The molecule has 2 aromatic rings. The second-order valence-corrected chi connectivity index (χ2v) is 6.33. The lowest BCUT2D eigenvalue weighted by Crippen LogP contribution is -2.37. The lowest BCUT2D eigenvalue weighted by atomic mass is 10.1. The number of rotatable bonds is 6. The van der Waals surface area contributed by atoms with Crippen LogP contribution in [0, 0.1) is 5.92 Å². The van der Waals surface area contributed by atoms with Gasteiger partial charge in [0.1, 0.15) is 6.04 Å². The Bertz CT molecular complexity index is 645. The van der Waals surface area contributed by atoms with Crippen molar-refractivity contribution < 1.29 is 9.53 Å². The number of carbonyl (C=O) groups excluding carboxylic acids is 1. The van der Waals surface area contributed by atoms with Gasteiger partial charge in [-0.3, -0.25) is 4.79 Å². The number of nitrogens with two attached hydrogens (primary N) is 1. The van der Waals surface area contributed by atoms with E-state index < -0.39 is 6.04 Å². The van der Waals surface area contributed by atoms with Gasteiger partial charge >= 0.3 is 0 Å². The maximum Gasteiger partial charge on any atom is 0.244 e. The van der Waals surface area contributed by atoms with Gasteiger partial charge in [-0.1, -0.05) is 60.7 Å². The van der Waals surface area contributed by atoms with Crippen molar-refractivity contribution in [1.82, 2.24) is 4.90 Å². The third kappa shape index (κ3) is 4.22. The fourth-order valence-corrected chi connectivity index (χ4v) is 3.09. The van der Waals surface area contributed by atoms with Crippen molar-refractivity contribution in [3.8, 4) is 0 Å². The molecule has 0 radical (unpaired) electrons. The van der Waals surface area contributed by atoms with Gasteiger partial charge in [0, 0.05) is 19.0 Å². The molecule has 4 nitrogen and oxygen atoms in total. The third-order valence-corrected chi connectivity index (χ3v) is 4.49. The van der Waals surface area contributed by atoms with Crippen LogP contribution in [0.1, 0.15) is 23.6 Å². The van der Waals surface area contributed by atoms with Crippen LogP contribution in [0.25, 0.3) is 0 Å². The van der Waals surface area contributed by atoms with Crippen LogP contribution in [-0.4, -0.2) is 30.5 Å². The van der Waals surface area contributed by atoms with E-state index in [9.17, 15) is 4.79 Å². The minimum Gasteiger partial charge on any atom is -0.376 e. The van der Waals surface area contributed by atoms with Crippen LogP contribution in [0.2, 0.25) is 0 Å². The fraction of sp³-hybridized carbons (Fsp3) is 0.350. The Labute approximate surface area is 143 Å². The lowest BCUT2D eigenvalue weighted by molar-refractivity contribution is -0.131. The second-order valence-electron chi connectivity index (χ2n) is 6.33. The van der Waals surface area contributed by atoms with E-state index in [0.717, 1.165) is 25.1 Å². The Kier molecular flexibility index (Phi) is 5.62. The molecule has 1 amide bonds. The van der Waals surface area contributed by atoms with E-state index in [-0.39, 0.29) is 5.91 Å². The number of carbonyl (C=O) groups is 1. The predicted molar refractivity (Wildman–Crippen MR) is 94.2 cm³/mol. The van der Waals surface area contributed by atoms with Gasteiger partial charge in [0.15, 0.2) is 0 Å². The maximum atomic E-state index is 12.5. The quantitative estimate of drug-likeness (QED) is 0.889. The number of nitrogens with zero attached hydrogens (tertiary/aromatic N) is 1. The van der Waals surface area contributed by atoms with E-state index in [1.54, 1.807) is 0 Å². The highest BCUT2D eigenvalue weighted by molar-refractivity contribution is 5.83. The number of benzene rings is 2. The van der Waals surface area contributed by atoms with Crippen LogP contribution in [0.5, 0.6) is 0 Å². The van der Waals surface area contributed by atoms with Gasteiger partial charge in [-0.25, -0.2) is 0 Å². The lowest BCUT2D eigenvalue weighted by Gasteiger charge is -2.21. The van der Waals surface area contributed by atoms with Gasteiger partial charge in [0.05, 0.1) is 13.2 Å². The summed E-state index contributed by atoms with van der Waals surface area (Å²) in [7, 11) is 0. The molecule has 0 aliphatic carbocycles.